The van der Waals surface area contributed by atoms with Gasteiger partial charge in [-0.15, -0.1) is 0 Å². The van der Waals surface area contributed by atoms with Crippen molar-refractivity contribution in [2.45, 2.75) is 25.6 Å². The number of aldehydes is 1. The van der Waals surface area contributed by atoms with Crippen molar-refractivity contribution in [3.8, 4) is 0 Å². The zero-order valence-electron chi connectivity index (χ0n) is 12.3. The van der Waals surface area contributed by atoms with Gasteiger partial charge < -0.3 is 4.74 Å². The predicted octanol–water partition coefficient (Wildman–Crippen LogP) is 4.06. The Balaban J connectivity index is 1.72. The van der Waals surface area contributed by atoms with E-state index in [1.807, 2.05) is 6.07 Å². The first-order chi connectivity index (χ1) is 11.0. The second-order valence-electron chi connectivity index (χ2n) is 5.02. The van der Waals surface area contributed by atoms with E-state index >= 15 is 0 Å². The molecule has 0 N–H and O–H groups in total. The third kappa shape index (κ3) is 5.49. The largest absolute Gasteiger partial charge is 0.416 e. The van der Waals surface area contributed by atoms with Gasteiger partial charge in [0, 0.05) is 12.3 Å². The lowest BCUT2D eigenvalue weighted by Crippen LogP contribution is -2.05. The molecule has 0 aliphatic heterocycles. The summed E-state index contributed by atoms with van der Waals surface area (Å²) in [6, 6.07) is 10.2. The average Bonchev–Trinajstić information content (AvgIpc) is 2.54. The average molecular weight is 323 g/mol. The van der Waals surface area contributed by atoms with Crippen molar-refractivity contribution >= 4 is 6.29 Å². The highest BCUT2D eigenvalue weighted by Gasteiger charge is 2.29. The minimum Gasteiger partial charge on any atom is -0.377 e. The molecule has 23 heavy (non-hydrogen) atoms. The maximum Gasteiger partial charge on any atom is 0.416 e. The molecular weight excluding hydrogens is 307 g/mol. The van der Waals surface area contributed by atoms with Crippen LogP contribution in [0.4, 0.5) is 13.2 Å². The molecule has 122 valence electrons. The highest BCUT2D eigenvalue weighted by molar-refractivity contribution is 5.71. The molecule has 0 radical (unpaired) electrons. The zero-order valence-corrected chi connectivity index (χ0v) is 12.3. The molecule has 3 nitrogen and oxygen atoms in total. The molecule has 0 bridgehead atoms. The van der Waals surface area contributed by atoms with Crippen LogP contribution in [0.5, 0.6) is 0 Å². The van der Waals surface area contributed by atoms with Crippen LogP contribution in [0.15, 0.2) is 42.5 Å². The summed E-state index contributed by atoms with van der Waals surface area (Å²) in [5.41, 5.74) is 1.24. The normalized spacial score (nSPS) is 11.4. The van der Waals surface area contributed by atoms with Crippen molar-refractivity contribution in [2.75, 3.05) is 6.61 Å². The van der Waals surface area contributed by atoms with E-state index in [-0.39, 0.29) is 6.61 Å². The molecule has 0 saturated carbocycles. The summed E-state index contributed by atoms with van der Waals surface area (Å²) in [5.74, 6) is 0. The first-order valence-electron chi connectivity index (χ1n) is 7.14. The van der Waals surface area contributed by atoms with Gasteiger partial charge in [0.15, 0.2) is 6.29 Å². The van der Waals surface area contributed by atoms with Crippen LogP contribution in [0.25, 0.3) is 0 Å². The Morgan fingerprint density at radius 3 is 2.48 bits per heavy atom. The molecule has 0 fully saturated rings. The summed E-state index contributed by atoms with van der Waals surface area (Å²) in [6.45, 7) is 0.730. The van der Waals surface area contributed by atoms with Gasteiger partial charge in [0.1, 0.15) is 5.69 Å². The van der Waals surface area contributed by atoms with E-state index in [1.54, 1.807) is 12.1 Å². The maximum absolute atomic E-state index is 12.4. The molecule has 0 saturated heterocycles. The molecule has 0 spiro atoms. The number of hydrogen-bond acceptors (Lipinski definition) is 3. The van der Waals surface area contributed by atoms with Crippen molar-refractivity contribution in [1.82, 2.24) is 4.98 Å². The van der Waals surface area contributed by atoms with E-state index in [4.69, 9.17) is 4.74 Å². The molecule has 1 aromatic heterocycles. The molecule has 6 heteroatoms. The molecule has 0 unspecified atom stereocenters. The van der Waals surface area contributed by atoms with Crippen molar-refractivity contribution in [2.24, 2.45) is 0 Å². The number of carbonyl (C=O) groups excluding carboxylic acids is 1. The van der Waals surface area contributed by atoms with E-state index < -0.39 is 11.7 Å². The molecule has 2 aromatic rings. The Morgan fingerprint density at radius 1 is 1.09 bits per heavy atom. The first-order valence-corrected chi connectivity index (χ1v) is 7.14. The standard InChI is InChI=1S/C17H16F3NO2/c18-17(19,20)14-8-6-13(7-9-14)12-23-10-2-5-15-3-1-4-16(11-22)21-15/h1,3-4,6-9,11H,2,5,10,12H2. The number of aryl methyl sites for hydroxylation is 1. The fourth-order valence-corrected chi connectivity index (χ4v) is 2.04. The molecule has 2 rings (SSSR count). The molecule has 1 heterocycles. The summed E-state index contributed by atoms with van der Waals surface area (Å²) in [5, 5.41) is 0. The Kier molecular flexibility index (Phi) is 5.87. The lowest BCUT2D eigenvalue weighted by Gasteiger charge is -2.08. The number of halogens is 3. The monoisotopic (exact) mass is 323 g/mol. The number of carbonyl (C=O) groups is 1. The highest BCUT2D eigenvalue weighted by Crippen LogP contribution is 2.29. The second kappa shape index (κ2) is 7.87. The van der Waals surface area contributed by atoms with Crippen LogP contribution in [-0.2, 0) is 23.9 Å². The lowest BCUT2D eigenvalue weighted by atomic mass is 10.1. The third-order valence-corrected chi connectivity index (χ3v) is 3.22. The number of ether oxygens (including phenoxy) is 1. The minimum atomic E-state index is -4.32. The summed E-state index contributed by atoms with van der Waals surface area (Å²) >= 11 is 0. The van der Waals surface area contributed by atoms with E-state index in [0.29, 0.717) is 30.6 Å². The van der Waals surface area contributed by atoms with E-state index in [1.165, 1.54) is 12.1 Å². The zero-order chi connectivity index (χ0) is 16.7. The smallest absolute Gasteiger partial charge is 0.377 e. The SMILES string of the molecule is O=Cc1cccc(CCCOCc2ccc(C(F)(F)F)cc2)n1. The van der Waals surface area contributed by atoms with Crippen LogP contribution in [0.3, 0.4) is 0 Å². The van der Waals surface area contributed by atoms with Gasteiger partial charge in [0.2, 0.25) is 0 Å². The van der Waals surface area contributed by atoms with Crippen LogP contribution >= 0.6 is 0 Å². The van der Waals surface area contributed by atoms with Gasteiger partial charge in [-0.25, -0.2) is 0 Å². The lowest BCUT2D eigenvalue weighted by molar-refractivity contribution is -0.137. The number of benzene rings is 1. The fraction of sp³-hybridized carbons (Fsp3) is 0.294. The minimum absolute atomic E-state index is 0.264. The van der Waals surface area contributed by atoms with Gasteiger partial charge >= 0.3 is 6.18 Å². The Hall–Kier alpha value is -2.21. The van der Waals surface area contributed by atoms with E-state index in [2.05, 4.69) is 4.98 Å². The molecular formula is C17H16F3NO2. The molecule has 0 aliphatic carbocycles. The quantitative estimate of drug-likeness (QED) is 0.570. The highest BCUT2D eigenvalue weighted by atomic mass is 19.4. The Bertz CT molecular complexity index is 639. The summed E-state index contributed by atoms with van der Waals surface area (Å²) in [4.78, 5) is 14.8. The van der Waals surface area contributed by atoms with Crippen molar-refractivity contribution in [3.63, 3.8) is 0 Å². The summed E-state index contributed by atoms with van der Waals surface area (Å²) in [6.07, 6.45) is -2.22. The number of pyridine rings is 1. The van der Waals surface area contributed by atoms with Crippen molar-refractivity contribution in [1.29, 1.82) is 0 Å². The van der Waals surface area contributed by atoms with Crippen LogP contribution in [0, 0.1) is 0 Å². The number of rotatable bonds is 7. The summed E-state index contributed by atoms with van der Waals surface area (Å²) < 4.78 is 42.7. The fourth-order valence-electron chi connectivity index (χ4n) is 2.04. The van der Waals surface area contributed by atoms with Crippen LogP contribution in [0.2, 0.25) is 0 Å². The van der Waals surface area contributed by atoms with Crippen LogP contribution < -0.4 is 0 Å². The van der Waals surface area contributed by atoms with E-state index in [0.717, 1.165) is 24.2 Å². The molecule has 0 atom stereocenters. The summed E-state index contributed by atoms with van der Waals surface area (Å²) in [7, 11) is 0. The van der Waals surface area contributed by atoms with Gasteiger partial charge in [0.25, 0.3) is 0 Å². The van der Waals surface area contributed by atoms with Crippen LogP contribution in [-0.4, -0.2) is 17.9 Å². The van der Waals surface area contributed by atoms with E-state index in [9.17, 15) is 18.0 Å². The maximum atomic E-state index is 12.4. The van der Waals surface area contributed by atoms with Crippen LogP contribution in [0.1, 0.15) is 33.7 Å². The first kappa shape index (κ1) is 17.1. The van der Waals surface area contributed by atoms with Gasteiger partial charge in [-0.2, -0.15) is 13.2 Å². The number of nitrogens with zero attached hydrogens (tertiary/aromatic N) is 1. The van der Waals surface area contributed by atoms with Crippen molar-refractivity contribution in [3.05, 3.63) is 65.0 Å². The van der Waals surface area contributed by atoms with Crippen molar-refractivity contribution < 1.29 is 22.7 Å². The van der Waals surface area contributed by atoms with Gasteiger partial charge in [-0.1, -0.05) is 18.2 Å². The second-order valence-corrected chi connectivity index (χ2v) is 5.02. The molecule has 1 aromatic carbocycles. The Labute approximate surface area is 132 Å². The number of aromatic nitrogens is 1. The number of hydrogen-bond donors (Lipinski definition) is 0. The van der Waals surface area contributed by atoms with Gasteiger partial charge in [-0.3, -0.25) is 9.78 Å². The van der Waals surface area contributed by atoms with Gasteiger partial charge in [0.05, 0.1) is 12.2 Å². The number of alkyl halides is 3. The predicted molar refractivity (Wildman–Crippen MR) is 79.0 cm³/mol. The topological polar surface area (TPSA) is 39.2 Å². The molecule has 0 amide bonds. The molecule has 0 aliphatic rings. The van der Waals surface area contributed by atoms with Gasteiger partial charge in [-0.05, 0) is 42.7 Å². The third-order valence-electron chi connectivity index (χ3n) is 3.22. The Morgan fingerprint density at radius 2 is 1.83 bits per heavy atom.